The van der Waals surface area contributed by atoms with Crippen molar-refractivity contribution in [2.24, 2.45) is 0 Å². The first-order chi connectivity index (χ1) is 12.1. The van der Waals surface area contributed by atoms with Crippen molar-refractivity contribution in [2.75, 3.05) is 18.9 Å². The van der Waals surface area contributed by atoms with Crippen LogP contribution in [-0.2, 0) is 20.2 Å². The SMILES string of the molecule is COC(=O)c1cccc(S(=O)(=O)Nc2cc(C(C)(C)C)cnc2OC)c1. The normalized spacial score (nSPS) is 11.7. The summed E-state index contributed by atoms with van der Waals surface area (Å²) in [7, 11) is -1.31. The molecule has 0 atom stereocenters. The Bertz CT molecular complexity index is 917. The Morgan fingerprint density at radius 1 is 1.15 bits per heavy atom. The lowest BCUT2D eigenvalue weighted by atomic mass is 9.88. The first-order valence-electron chi connectivity index (χ1n) is 7.84. The summed E-state index contributed by atoms with van der Waals surface area (Å²) in [4.78, 5) is 15.8. The van der Waals surface area contributed by atoms with Crippen LogP contribution >= 0.6 is 0 Å². The fraction of sp³-hybridized carbons (Fsp3) is 0.333. The third-order valence-electron chi connectivity index (χ3n) is 3.72. The molecule has 0 saturated carbocycles. The Kier molecular flexibility index (Phi) is 5.56. The molecular weight excluding hydrogens is 356 g/mol. The fourth-order valence-electron chi connectivity index (χ4n) is 2.21. The average Bonchev–Trinajstić information content (AvgIpc) is 2.60. The highest BCUT2D eigenvalue weighted by atomic mass is 32.2. The fourth-order valence-corrected chi connectivity index (χ4v) is 3.30. The van der Waals surface area contributed by atoms with Crippen LogP contribution in [0, 0.1) is 0 Å². The topological polar surface area (TPSA) is 94.6 Å². The summed E-state index contributed by atoms with van der Waals surface area (Å²) in [5.41, 5.74) is 0.996. The van der Waals surface area contributed by atoms with E-state index in [9.17, 15) is 13.2 Å². The highest BCUT2D eigenvalue weighted by Crippen LogP contribution is 2.30. The number of benzene rings is 1. The molecule has 1 aromatic heterocycles. The minimum atomic E-state index is -3.95. The smallest absolute Gasteiger partial charge is 0.337 e. The molecule has 0 fully saturated rings. The molecule has 1 heterocycles. The molecule has 26 heavy (non-hydrogen) atoms. The van der Waals surface area contributed by atoms with E-state index in [1.54, 1.807) is 12.3 Å². The van der Waals surface area contributed by atoms with E-state index in [0.29, 0.717) is 0 Å². The monoisotopic (exact) mass is 378 g/mol. The molecule has 7 nitrogen and oxygen atoms in total. The molecular formula is C18H22N2O5S. The summed E-state index contributed by atoms with van der Waals surface area (Å²) < 4.78 is 37.8. The summed E-state index contributed by atoms with van der Waals surface area (Å²) in [5, 5.41) is 0. The number of nitrogens with one attached hydrogen (secondary N) is 1. The number of hydrogen-bond donors (Lipinski definition) is 1. The van der Waals surface area contributed by atoms with Gasteiger partial charge in [0.25, 0.3) is 10.0 Å². The Labute approximate surface area is 153 Å². The molecule has 0 unspecified atom stereocenters. The largest absolute Gasteiger partial charge is 0.480 e. The Morgan fingerprint density at radius 3 is 2.42 bits per heavy atom. The van der Waals surface area contributed by atoms with Crippen molar-refractivity contribution >= 4 is 21.7 Å². The van der Waals surface area contributed by atoms with Crippen LogP contribution in [0.5, 0.6) is 5.88 Å². The Balaban J connectivity index is 2.45. The second-order valence-corrected chi connectivity index (χ2v) is 8.34. The van der Waals surface area contributed by atoms with Crippen LogP contribution in [0.1, 0.15) is 36.7 Å². The number of rotatable bonds is 5. The van der Waals surface area contributed by atoms with Gasteiger partial charge in [-0.25, -0.2) is 18.2 Å². The van der Waals surface area contributed by atoms with Gasteiger partial charge in [0.2, 0.25) is 5.88 Å². The Hall–Kier alpha value is -2.61. The van der Waals surface area contributed by atoms with E-state index in [1.165, 1.54) is 38.5 Å². The number of aromatic nitrogens is 1. The molecule has 0 aliphatic carbocycles. The molecule has 0 spiro atoms. The number of carbonyl (C=O) groups is 1. The first kappa shape index (κ1) is 19.7. The van der Waals surface area contributed by atoms with Crippen LogP contribution < -0.4 is 9.46 Å². The number of ether oxygens (including phenoxy) is 2. The van der Waals surface area contributed by atoms with Crippen molar-refractivity contribution in [1.29, 1.82) is 0 Å². The van der Waals surface area contributed by atoms with Gasteiger partial charge in [-0.3, -0.25) is 4.72 Å². The molecule has 1 aromatic carbocycles. The van der Waals surface area contributed by atoms with Gasteiger partial charge in [-0.2, -0.15) is 0 Å². The van der Waals surface area contributed by atoms with E-state index in [1.807, 2.05) is 20.8 Å². The lowest BCUT2D eigenvalue weighted by Crippen LogP contribution is -2.17. The van der Waals surface area contributed by atoms with Gasteiger partial charge in [0, 0.05) is 6.20 Å². The molecule has 8 heteroatoms. The minimum absolute atomic E-state index is 0.0661. The summed E-state index contributed by atoms with van der Waals surface area (Å²) >= 11 is 0. The number of sulfonamides is 1. The number of pyridine rings is 1. The molecule has 140 valence electrons. The number of nitrogens with zero attached hydrogens (tertiary/aromatic N) is 1. The van der Waals surface area contributed by atoms with Crippen molar-refractivity contribution in [3.05, 3.63) is 47.7 Å². The second-order valence-electron chi connectivity index (χ2n) is 6.66. The first-order valence-corrected chi connectivity index (χ1v) is 9.32. The van der Waals surface area contributed by atoms with Gasteiger partial charge in [0.1, 0.15) is 5.69 Å². The zero-order valence-corrected chi connectivity index (χ0v) is 16.2. The summed E-state index contributed by atoms with van der Waals surface area (Å²) in [5.74, 6) is -0.457. The van der Waals surface area contributed by atoms with Gasteiger partial charge in [0.05, 0.1) is 24.7 Å². The van der Waals surface area contributed by atoms with Crippen LogP contribution in [0.4, 0.5) is 5.69 Å². The van der Waals surface area contributed by atoms with Gasteiger partial charge in [-0.05, 0) is 35.2 Å². The molecule has 0 aliphatic rings. The second kappa shape index (κ2) is 7.33. The summed E-state index contributed by atoms with van der Waals surface area (Å²) in [6.45, 7) is 5.98. The van der Waals surface area contributed by atoms with E-state index in [2.05, 4.69) is 14.4 Å². The van der Waals surface area contributed by atoms with Crippen molar-refractivity contribution in [3.8, 4) is 5.88 Å². The zero-order chi connectivity index (χ0) is 19.5. The number of anilines is 1. The van der Waals surface area contributed by atoms with Crippen molar-refractivity contribution in [3.63, 3.8) is 0 Å². The lowest BCUT2D eigenvalue weighted by molar-refractivity contribution is 0.0600. The quantitative estimate of drug-likeness (QED) is 0.804. The third-order valence-corrected chi connectivity index (χ3v) is 5.08. The average molecular weight is 378 g/mol. The maximum atomic E-state index is 12.7. The van der Waals surface area contributed by atoms with Gasteiger partial charge in [0.15, 0.2) is 0 Å². The number of esters is 1. The Morgan fingerprint density at radius 2 is 1.85 bits per heavy atom. The maximum Gasteiger partial charge on any atom is 0.337 e. The molecule has 0 aliphatic heterocycles. The molecule has 0 radical (unpaired) electrons. The van der Waals surface area contributed by atoms with Gasteiger partial charge >= 0.3 is 5.97 Å². The summed E-state index contributed by atoms with van der Waals surface area (Å²) in [6.07, 6.45) is 1.65. The summed E-state index contributed by atoms with van der Waals surface area (Å²) in [6, 6.07) is 7.28. The van der Waals surface area contributed by atoms with Crippen LogP contribution in [0.2, 0.25) is 0 Å². The molecule has 1 N–H and O–H groups in total. The van der Waals surface area contributed by atoms with Gasteiger partial charge in [-0.15, -0.1) is 0 Å². The molecule has 0 saturated heterocycles. The van der Waals surface area contributed by atoms with Crippen molar-refractivity contribution in [1.82, 2.24) is 4.98 Å². The zero-order valence-electron chi connectivity index (χ0n) is 15.4. The number of hydrogen-bond acceptors (Lipinski definition) is 6. The van der Waals surface area contributed by atoms with E-state index in [4.69, 9.17) is 4.74 Å². The number of carbonyl (C=O) groups excluding carboxylic acids is 1. The predicted molar refractivity (Wildman–Crippen MR) is 98.1 cm³/mol. The maximum absolute atomic E-state index is 12.7. The van der Waals surface area contributed by atoms with E-state index < -0.39 is 16.0 Å². The molecule has 0 bridgehead atoms. The molecule has 0 amide bonds. The van der Waals surface area contributed by atoms with Crippen molar-refractivity contribution in [2.45, 2.75) is 31.1 Å². The van der Waals surface area contributed by atoms with Crippen LogP contribution in [0.3, 0.4) is 0 Å². The number of methoxy groups -OCH3 is 2. The standard InChI is InChI=1S/C18H22N2O5S/c1-18(2,3)13-10-15(16(24-4)19-11-13)20-26(22,23)14-8-6-7-12(9-14)17(21)25-5/h6-11,20H,1-5H3. The van der Waals surface area contributed by atoms with Crippen LogP contribution in [-0.4, -0.2) is 33.6 Å². The predicted octanol–water partition coefficient (Wildman–Crippen LogP) is 2.98. The minimum Gasteiger partial charge on any atom is -0.480 e. The highest BCUT2D eigenvalue weighted by Gasteiger charge is 2.22. The highest BCUT2D eigenvalue weighted by molar-refractivity contribution is 7.92. The molecule has 2 rings (SSSR count). The van der Waals surface area contributed by atoms with E-state index >= 15 is 0 Å². The third kappa shape index (κ3) is 4.32. The van der Waals surface area contributed by atoms with Crippen LogP contribution in [0.15, 0.2) is 41.4 Å². The van der Waals surface area contributed by atoms with Crippen LogP contribution in [0.25, 0.3) is 0 Å². The molecule has 2 aromatic rings. The van der Waals surface area contributed by atoms with Crippen molar-refractivity contribution < 1.29 is 22.7 Å². The van der Waals surface area contributed by atoms with E-state index in [-0.39, 0.29) is 27.4 Å². The van der Waals surface area contributed by atoms with Gasteiger partial charge < -0.3 is 9.47 Å². The van der Waals surface area contributed by atoms with E-state index in [0.717, 1.165) is 5.56 Å². The van der Waals surface area contributed by atoms with Gasteiger partial charge in [-0.1, -0.05) is 26.8 Å². The lowest BCUT2D eigenvalue weighted by Gasteiger charge is -2.20.